The van der Waals surface area contributed by atoms with Gasteiger partial charge in [0.05, 0.1) is 12.8 Å². The number of hydrogen-bond donors (Lipinski definition) is 0. The van der Waals surface area contributed by atoms with Gasteiger partial charge in [0, 0.05) is 18.7 Å². The molecular weight excluding hydrogens is 264 g/mol. The van der Waals surface area contributed by atoms with Crippen LogP contribution < -0.4 is 4.74 Å². The van der Waals surface area contributed by atoms with Crippen LogP contribution in [0.5, 0.6) is 5.75 Å². The maximum atomic E-state index is 6.02. The first-order chi connectivity index (χ1) is 9.13. The molecule has 1 aromatic carbocycles. The van der Waals surface area contributed by atoms with E-state index >= 15 is 0 Å². The van der Waals surface area contributed by atoms with Crippen molar-refractivity contribution >= 4 is 11.6 Å². The summed E-state index contributed by atoms with van der Waals surface area (Å²) in [6.45, 7) is 2.34. The van der Waals surface area contributed by atoms with Gasteiger partial charge in [-0.1, -0.05) is 23.2 Å². The van der Waals surface area contributed by atoms with Crippen LogP contribution in [0.4, 0.5) is 0 Å². The zero-order valence-electron chi connectivity index (χ0n) is 11.1. The normalized spacial score (nSPS) is 10.5. The molecule has 0 aliphatic heterocycles. The molecule has 0 amide bonds. The molecule has 0 atom stereocenters. The summed E-state index contributed by atoms with van der Waals surface area (Å²) in [5.74, 6) is 1.30. The van der Waals surface area contributed by atoms with Crippen molar-refractivity contribution in [1.29, 1.82) is 0 Å². The van der Waals surface area contributed by atoms with Crippen molar-refractivity contribution < 1.29 is 9.47 Å². The average Bonchev–Trinajstić information content (AvgIpc) is 2.38. The van der Waals surface area contributed by atoms with E-state index in [0.29, 0.717) is 17.6 Å². The molecule has 2 aromatic rings. The van der Waals surface area contributed by atoms with Gasteiger partial charge in [-0.25, -0.2) is 9.97 Å². The number of benzene rings is 1. The second kappa shape index (κ2) is 5.99. The lowest BCUT2D eigenvalue weighted by molar-refractivity contribution is 0.178. The highest BCUT2D eigenvalue weighted by molar-refractivity contribution is 6.29. The Hall–Kier alpha value is -1.65. The van der Waals surface area contributed by atoms with Gasteiger partial charge in [0.1, 0.15) is 17.5 Å². The third-order valence-electron chi connectivity index (χ3n) is 2.65. The Kier molecular flexibility index (Phi) is 4.35. The zero-order chi connectivity index (χ0) is 13.8. The molecule has 0 unspecified atom stereocenters. The molecule has 0 saturated heterocycles. The number of rotatable bonds is 4. The van der Waals surface area contributed by atoms with Crippen molar-refractivity contribution in [2.24, 2.45) is 0 Å². The minimum atomic E-state index is 0.321. The highest BCUT2D eigenvalue weighted by atomic mass is 35.5. The third kappa shape index (κ3) is 3.22. The van der Waals surface area contributed by atoms with Gasteiger partial charge in [-0.2, -0.15) is 0 Å². The molecule has 0 N–H and O–H groups in total. The Morgan fingerprint density at radius 1 is 1.16 bits per heavy atom. The SMILES string of the molecule is COCc1nc(Cl)cc(-c2cc(C)ccc2OC)n1. The van der Waals surface area contributed by atoms with Crippen LogP contribution in [0.3, 0.4) is 0 Å². The van der Waals surface area contributed by atoms with Crippen LogP contribution >= 0.6 is 11.6 Å². The molecule has 1 aromatic heterocycles. The number of aryl methyl sites for hydroxylation is 1. The number of hydrogen-bond acceptors (Lipinski definition) is 4. The van der Waals surface area contributed by atoms with E-state index in [1.807, 2.05) is 25.1 Å². The fraction of sp³-hybridized carbons (Fsp3) is 0.286. The summed E-state index contributed by atoms with van der Waals surface area (Å²) >= 11 is 6.02. The van der Waals surface area contributed by atoms with Gasteiger partial charge in [-0.05, 0) is 19.1 Å². The predicted octanol–water partition coefficient (Wildman–Crippen LogP) is 3.26. The maximum Gasteiger partial charge on any atom is 0.156 e. The Labute approximate surface area is 117 Å². The minimum Gasteiger partial charge on any atom is -0.496 e. The summed E-state index contributed by atoms with van der Waals surface area (Å²) in [4.78, 5) is 8.56. The number of aromatic nitrogens is 2. The second-order valence-corrected chi connectivity index (χ2v) is 4.52. The van der Waals surface area contributed by atoms with E-state index in [9.17, 15) is 0 Å². The van der Waals surface area contributed by atoms with Crippen LogP contribution in [0.1, 0.15) is 11.4 Å². The molecule has 5 heteroatoms. The van der Waals surface area contributed by atoms with Crippen LogP contribution in [-0.4, -0.2) is 24.2 Å². The fourth-order valence-corrected chi connectivity index (χ4v) is 2.02. The van der Waals surface area contributed by atoms with Gasteiger partial charge >= 0.3 is 0 Å². The average molecular weight is 279 g/mol. The standard InChI is InChI=1S/C14H15ClN2O2/c1-9-4-5-12(19-3)10(6-9)11-7-13(15)17-14(16-11)8-18-2/h4-7H,8H2,1-3H3. The molecule has 19 heavy (non-hydrogen) atoms. The van der Waals surface area contributed by atoms with Gasteiger partial charge in [0.25, 0.3) is 0 Å². The van der Waals surface area contributed by atoms with Crippen molar-refractivity contribution in [2.45, 2.75) is 13.5 Å². The van der Waals surface area contributed by atoms with Gasteiger partial charge in [-0.15, -0.1) is 0 Å². The predicted molar refractivity (Wildman–Crippen MR) is 74.5 cm³/mol. The lowest BCUT2D eigenvalue weighted by Crippen LogP contribution is -2.00. The molecule has 1 heterocycles. The Bertz CT molecular complexity index is 588. The molecule has 0 aliphatic carbocycles. The Morgan fingerprint density at radius 3 is 2.63 bits per heavy atom. The summed E-state index contributed by atoms with van der Waals surface area (Å²) in [7, 11) is 3.23. The van der Waals surface area contributed by atoms with Crippen LogP contribution in [0.2, 0.25) is 5.15 Å². The van der Waals surface area contributed by atoms with Crippen LogP contribution in [0, 0.1) is 6.92 Å². The van der Waals surface area contributed by atoms with Crippen LogP contribution in [-0.2, 0) is 11.3 Å². The zero-order valence-corrected chi connectivity index (χ0v) is 11.9. The molecule has 0 fully saturated rings. The Balaban J connectivity index is 2.54. The highest BCUT2D eigenvalue weighted by Crippen LogP contribution is 2.30. The largest absolute Gasteiger partial charge is 0.496 e. The van der Waals surface area contributed by atoms with E-state index in [4.69, 9.17) is 21.1 Å². The van der Waals surface area contributed by atoms with E-state index in [0.717, 1.165) is 22.6 Å². The molecule has 0 saturated carbocycles. The number of halogens is 1. The van der Waals surface area contributed by atoms with Crippen molar-refractivity contribution in [3.8, 4) is 17.0 Å². The summed E-state index contributed by atoms with van der Waals surface area (Å²) in [6.07, 6.45) is 0. The van der Waals surface area contributed by atoms with E-state index in [1.54, 1.807) is 20.3 Å². The second-order valence-electron chi connectivity index (χ2n) is 4.13. The molecule has 0 radical (unpaired) electrons. The molecule has 100 valence electrons. The maximum absolute atomic E-state index is 6.02. The van der Waals surface area contributed by atoms with Crippen molar-refractivity contribution in [3.63, 3.8) is 0 Å². The van der Waals surface area contributed by atoms with E-state index < -0.39 is 0 Å². The molecular formula is C14H15ClN2O2. The van der Waals surface area contributed by atoms with Crippen LogP contribution in [0.25, 0.3) is 11.3 Å². The van der Waals surface area contributed by atoms with Crippen molar-refractivity contribution in [3.05, 3.63) is 40.8 Å². The number of ether oxygens (including phenoxy) is 2. The summed E-state index contributed by atoms with van der Waals surface area (Å²) < 4.78 is 10.4. The monoisotopic (exact) mass is 278 g/mol. The summed E-state index contributed by atoms with van der Waals surface area (Å²) in [5.41, 5.74) is 2.75. The summed E-state index contributed by atoms with van der Waals surface area (Å²) in [6, 6.07) is 7.63. The molecule has 4 nitrogen and oxygen atoms in total. The first-order valence-electron chi connectivity index (χ1n) is 5.81. The van der Waals surface area contributed by atoms with Crippen LogP contribution in [0.15, 0.2) is 24.3 Å². The minimum absolute atomic E-state index is 0.321. The molecule has 0 bridgehead atoms. The smallest absolute Gasteiger partial charge is 0.156 e. The quantitative estimate of drug-likeness (QED) is 0.805. The third-order valence-corrected chi connectivity index (χ3v) is 2.84. The van der Waals surface area contributed by atoms with Gasteiger partial charge < -0.3 is 9.47 Å². The van der Waals surface area contributed by atoms with E-state index in [-0.39, 0.29) is 0 Å². The first-order valence-corrected chi connectivity index (χ1v) is 6.19. The lowest BCUT2D eigenvalue weighted by atomic mass is 10.1. The first kappa shape index (κ1) is 13.8. The van der Waals surface area contributed by atoms with Crippen molar-refractivity contribution in [2.75, 3.05) is 14.2 Å². The molecule has 2 rings (SSSR count). The topological polar surface area (TPSA) is 44.2 Å². The lowest BCUT2D eigenvalue weighted by Gasteiger charge is -2.10. The Morgan fingerprint density at radius 2 is 1.95 bits per heavy atom. The fourth-order valence-electron chi connectivity index (χ4n) is 1.82. The van der Waals surface area contributed by atoms with Gasteiger partial charge in [0.2, 0.25) is 0 Å². The molecule has 0 spiro atoms. The molecule has 0 aliphatic rings. The number of methoxy groups -OCH3 is 2. The van der Waals surface area contributed by atoms with Gasteiger partial charge in [0.15, 0.2) is 5.82 Å². The van der Waals surface area contributed by atoms with Crippen molar-refractivity contribution in [1.82, 2.24) is 9.97 Å². The van der Waals surface area contributed by atoms with Gasteiger partial charge in [-0.3, -0.25) is 0 Å². The van der Waals surface area contributed by atoms with E-state index in [1.165, 1.54) is 0 Å². The number of nitrogens with zero attached hydrogens (tertiary/aromatic N) is 2. The summed E-state index contributed by atoms with van der Waals surface area (Å²) in [5, 5.41) is 0.389. The highest BCUT2D eigenvalue weighted by Gasteiger charge is 2.10. The van der Waals surface area contributed by atoms with E-state index in [2.05, 4.69) is 9.97 Å².